The highest BCUT2D eigenvalue weighted by Gasteiger charge is 2.31. The van der Waals surface area contributed by atoms with E-state index in [2.05, 4.69) is 4.98 Å². The van der Waals surface area contributed by atoms with Crippen molar-refractivity contribution in [3.8, 4) is 0 Å². The van der Waals surface area contributed by atoms with Crippen LogP contribution in [-0.4, -0.2) is 24.0 Å². The zero-order valence-corrected chi connectivity index (χ0v) is 10.3. The van der Waals surface area contributed by atoms with Crippen LogP contribution in [-0.2, 0) is 4.79 Å². The van der Waals surface area contributed by atoms with Gasteiger partial charge >= 0.3 is 0 Å². The number of hydrogen-bond acceptors (Lipinski definition) is 3. The molecule has 7 heteroatoms. The molecule has 2 rings (SSSR count). The van der Waals surface area contributed by atoms with E-state index in [0.29, 0.717) is 19.5 Å². The maximum atomic E-state index is 13.3. The molecule has 17 heavy (non-hydrogen) atoms. The summed E-state index contributed by atoms with van der Waals surface area (Å²) in [6.07, 6.45) is 0.344. The normalized spacial score (nSPS) is 20.1. The van der Waals surface area contributed by atoms with E-state index in [1.807, 2.05) is 0 Å². The van der Waals surface area contributed by atoms with E-state index in [1.165, 1.54) is 4.90 Å². The van der Waals surface area contributed by atoms with Gasteiger partial charge in [-0.25, -0.2) is 9.37 Å². The zero-order valence-electron chi connectivity index (χ0n) is 8.79. The number of anilines is 1. The van der Waals surface area contributed by atoms with E-state index in [0.717, 1.165) is 6.07 Å². The molecule has 4 nitrogen and oxygen atoms in total. The first-order valence-electron chi connectivity index (χ1n) is 5.05. The minimum Gasteiger partial charge on any atom is -0.330 e. The predicted molar refractivity (Wildman–Crippen MR) is 63.7 cm³/mol. The standard InChI is InChI=1S/C10H10Cl2FN3O/c11-9-6(13)2-7(10(12)15-9)16-4-5(3-14)1-8(16)17/h2,5H,1,3-4,14H2. The third-order valence-electron chi connectivity index (χ3n) is 2.70. The van der Waals surface area contributed by atoms with Crippen molar-refractivity contribution in [3.63, 3.8) is 0 Å². The van der Waals surface area contributed by atoms with Gasteiger partial charge in [0.15, 0.2) is 16.1 Å². The van der Waals surface area contributed by atoms with Gasteiger partial charge in [-0.05, 0) is 12.5 Å². The Kier molecular flexibility index (Phi) is 3.51. The van der Waals surface area contributed by atoms with Gasteiger partial charge in [0.2, 0.25) is 5.91 Å². The summed E-state index contributed by atoms with van der Waals surface area (Å²) in [4.78, 5) is 16.7. The van der Waals surface area contributed by atoms with Crippen molar-refractivity contribution in [2.24, 2.45) is 11.7 Å². The molecular formula is C10H10Cl2FN3O. The molecule has 0 aliphatic carbocycles. The summed E-state index contributed by atoms with van der Waals surface area (Å²) in [5, 5.41) is -0.289. The lowest BCUT2D eigenvalue weighted by Crippen LogP contribution is -2.26. The zero-order chi connectivity index (χ0) is 12.6. The Labute approximate surface area is 108 Å². The summed E-state index contributed by atoms with van der Waals surface area (Å²) in [7, 11) is 0. The summed E-state index contributed by atoms with van der Waals surface area (Å²) in [5.41, 5.74) is 5.75. The molecule has 1 aromatic heterocycles. The van der Waals surface area contributed by atoms with Crippen LogP contribution in [0.5, 0.6) is 0 Å². The Morgan fingerprint density at radius 1 is 1.53 bits per heavy atom. The Morgan fingerprint density at radius 2 is 2.24 bits per heavy atom. The van der Waals surface area contributed by atoms with Crippen LogP contribution in [0.1, 0.15) is 6.42 Å². The fraction of sp³-hybridized carbons (Fsp3) is 0.400. The lowest BCUT2D eigenvalue weighted by molar-refractivity contribution is -0.117. The Morgan fingerprint density at radius 3 is 2.82 bits per heavy atom. The van der Waals surface area contributed by atoms with Gasteiger partial charge in [0.1, 0.15) is 0 Å². The van der Waals surface area contributed by atoms with Gasteiger partial charge in [-0.15, -0.1) is 0 Å². The van der Waals surface area contributed by atoms with Gasteiger partial charge in [-0.1, -0.05) is 23.2 Å². The molecule has 1 amide bonds. The summed E-state index contributed by atoms with van der Waals surface area (Å²) in [5.74, 6) is -0.766. The molecule has 92 valence electrons. The Hall–Kier alpha value is -0.910. The van der Waals surface area contributed by atoms with E-state index in [4.69, 9.17) is 28.9 Å². The lowest BCUT2D eigenvalue weighted by atomic mass is 10.1. The number of amides is 1. The minimum absolute atomic E-state index is 0.0161. The lowest BCUT2D eigenvalue weighted by Gasteiger charge is -2.17. The molecule has 2 N–H and O–H groups in total. The van der Waals surface area contributed by atoms with Crippen molar-refractivity contribution in [3.05, 3.63) is 22.2 Å². The molecule has 1 fully saturated rings. The summed E-state index contributed by atoms with van der Waals surface area (Å²) >= 11 is 11.3. The summed E-state index contributed by atoms with van der Waals surface area (Å²) in [6.45, 7) is 0.834. The van der Waals surface area contributed by atoms with Crippen LogP contribution in [0.4, 0.5) is 10.1 Å². The molecule has 1 atom stereocenters. The van der Waals surface area contributed by atoms with Gasteiger partial charge < -0.3 is 10.6 Å². The van der Waals surface area contributed by atoms with E-state index in [1.54, 1.807) is 0 Å². The maximum absolute atomic E-state index is 13.3. The predicted octanol–water partition coefficient (Wildman–Crippen LogP) is 1.84. The number of pyridine rings is 1. The first kappa shape index (κ1) is 12.5. The number of carbonyl (C=O) groups excluding carboxylic acids is 1. The third-order valence-corrected chi connectivity index (χ3v) is 3.24. The minimum atomic E-state index is -0.699. The second-order valence-corrected chi connectivity index (χ2v) is 4.60. The first-order chi connectivity index (χ1) is 8.02. The number of nitrogens with zero attached hydrogens (tertiary/aromatic N) is 2. The van der Waals surface area contributed by atoms with Crippen molar-refractivity contribution in [1.29, 1.82) is 0 Å². The smallest absolute Gasteiger partial charge is 0.227 e. The van der Waals surface area contributed by atoms with Crippen LogP contribution in [0.3, 0.4) is 0 Å². The Balaban J connectivity index is 2.35. The molecule has 1 aliphatic heterocycles. The molecule has 0 bridgehead atoms. The number of aromatic nitrogens is 1. The van der Waals surface area contributed by atoms with Gasteiger partial charge in [0.25, 0.3) is 0 Å². The number of hydrogen-bond donors (Lipinski definition) is 1. The fourth-order valence-electron chi connectivity index (χ4n) is 1.80. The van der Waals surface area contributed by atoms with E-state index >= 15 is 0 Å². The average molecular weight is 278 g/mol. The quantitative estimate of drug-likeness (QED) is 0.840. The van der Waals surface area contributed by atoms with Crippen LogP contribution in [0.25, 0.3) is 0 Å². The maximum Gasteiger partial charge on any atom is 0.227 e. The largest absolute Gasteiger partial charge is 0.330 e. The van der Waals surface area contributed by atoms with Crippen LogP contribution in [0, 0.1) is 11.7 Å². The van der Waals surface area contributed by atoms with Crippen LogP contribution >= 0.6 is 23.2 Å². The number of nitrogens with two attached hydrogens (primary N) is 1. The fourth-order valence-corrected chi connectivity index (χ4v) is 2.22. The molecule has 1 aromatic rings. The molecule has 1 saturated heterocycles. The van der Waals surface area contributed by atoms with E-state index in [9.17, 15) is 9.18 Å². The van der Waals surface area contributed by atoms with Gasteiger partial charge in [-0.2, -0.15) is 0 Å². The van der Waals surface area contributed by atoms with E-state index < -0.39 is 5.82 Å². The molecule has 1 aliphatic rings. The monoisotopic (exact) mass is 277 g/mol. The SMILES string of the molecule is NCC1CC(=O)N(c2cc(F)c(Cl)nc2Cl)C1. The van der Waals surface area contributed by atoms with Crippen LogP contribution in [0.15, 0.2) is 6.07 Å². The molecule has 0 spiro atoms. The molecule has 0 radical (unpaired) electrons. The van der Waals surface area contributed by atoms with Crippen molar-refractivity contribution in [2.75, 3.05) is 18.0 Å². The van der Waals surface area contributed by atoms with Crippen molar-refractivity contribution in [2.45, 2.75) is 6.42 Å². The molecule has 1 unspecified atom stereocenters. The third kappa shape index (κ3) is 2.36. The highest BCUT2D eigenvalue weighted by molar-refractivity contribution is 6.34. The number of carbonyl (C=O) groups is 1. The van der Waals surface area contributed by atoms with Crippen molar-refractivity contribution < 1.29 is 9.18 Å². The van der Waals surface area contributed by atoms with E-state index in [-0.39, 0.29) is 27.8 Å². The van der Waals surface area contributed by atoms with Crippen LogP contribution in [0.2, 0.25) is 10.3 Å². The topological polar surface area (TPSA) is 59.2 Å². The molecular weight excluding hydrogens is 268 g/mol. The second-order valence-electron chi connectivity index (χ2n) is 3.88. The van der Waals surface area contributed by atoms with Crippen molar-refractivity contribution >= 4 is 34.8 Å². The molecule has 0 saturated carbocycles. The summed E-state index contributed by atoms with van der Waals surface area (Å²) < 4.78 is 13.3. The Bertz CT molecular complexity index is 469. The average Bonchev–Trinajstić information content (AvgIpc) is 2.65. The second kappa shape index (κ2) is 4.76. The van der Waals surface area contributed by atoms with Gasteiger partial charge in [0, 0.05) is 19.0 Å². The van der Waals surface area contributed by atoms with Crippen LogP contribution < -0.4 is 10.6 Å². The highest BCUT2D eigenvalue weighted by Crippen LogP contribution is 2.32. The molecule has 2 heterocycles. The molecule has 0 aromatic carbocycles. The van der Waals surface area contributed by atoms with Gasteiger partial charge in [-0.3, -0.25) is 4.79 Å². The first-order valence-corrected chi connectivity index (χ1v) is 5.80. The highest BCUT2D eigenvalue weighted by atomic mass is 35.5. The number of rotatable bonds is 2. The van der Waals surface area contributed by atoms with Gasteiger partial charge in [0.05, 0.1) is 5.69 Å². The van der Waals surface area contributed by atoms with Crippen molar-refractivity contribution in [1.82, 2.24) is 4.98 Å². The summed E-state index contributed by atoms with van der Waals surface area (Å²) in [6, 6.07) is 1.12. The number of halogens is 3.